The summed E-state index contributed by atoms with van der Waals surface area (Å²) in [6, 6.07) is 0. The summed E-state index contributed by atoms with van der Waals surface area (Å²) in [5, 5.41) is 0. The summed E-state index contributed by atoms with van der Waals surface area (Å²) >= 11 is 0. The van der Waals surface area contributed by atoms with Crippen molar-refractivity contribution < 1.29 is 4.74 Å². The molecule has 0 saturated carbocycles. The fourth-order valence-corrected chi connectivity index (χ4v) is 1.01. The Morgan fingerprint density at radius 1 is 1.25 bits per heavy atom. The average molecular weight is 114 g/mol. The third kappa shape index (κ3) is 1.48. The molecule has 1 aliphatic rings. The van der Waals surface area contributed by atoms with E-state index in [1.165, 1.54) is 12.8 Å². The van der Waals surface area contributed by atoms with Crippen LogP contribution in [0.3, 0.4) is 0 Å². The number of hydrogen-bond acceptors (Lipinski definition) is 1. The molecule has 2 atom stereocenters. The maximum Gasteiger partial charge on any atom is 0.0547 e. The number of hydrogen-bond donors (Lipinski definition) is 0. The molecule has 0 aromatic carbocycles. The van der Waals surface area contributed by atoms with Crippen LogP contribution in [-0.2, 0) is 4.74 Å². The van der Waals surface area contributed by atoms with Crippen molar-refractivity contribution in [3.8, 4) is 0 Å². The highest BCUT2D eigenvalue weighted by Crippen LogP contribution is 2.16. The average Bonchev–Trinajstić information content (AvgIpc) is 1.77. The molecule has 0 bridgehead atoms. The van der Waals surface area contributed by atoms with Gasteiger partial charge in [0.25, 0.3) is 0 Å². The molecule has 1 aliphatic heterocycles. The Labute approximate surface area is 51.0 Å². The van der Waals surface area contributed by atoms with Crippen LogP contribution >= 0.6 is 0 Å². The van der Waals surface area contributed by atoms with E-state index in [0.29, 0.717) is 6.10 Å². The van der Waals surface area contributed by atoms with Gasteiger partial charge in [0.1, 0.15) is 0 Å². The normalized spacial score (nSPS) is 39.8. The summed E-state index contributed by atoms with van der Waals surface area (Å²) in [6.07, 6.45) is 3.12. The zero-order chi connectivity index (χ0) is 5.98. The van der Waals surface area contributed by atoms with Gasteiger partial charge in [0.2, 0.25) is 0 Å². The van der Waals surface area contributed by atoms with Crippen LogP contribution in [0.4, 0.5) is 0 Å². The molecule has 1 saturated heterocycles. The lowest BCUT2D eigenvalue weighted by molar-refractivity contribution is 0.000267. The summed E-state index contributed by atoms with van der Waals surface area (Å²) in [6.45, 7) is 5.36. The van der Waals surface area contributed by atoms with E-state index >= 15 is 0 Å². The molecular weight excluding hydrogens is 100 g/mol. The van der Waals surface area contributed by atoms with Crippen molar-refractivity contribution in [2.75, 3.05) is 6.61 Å². The first-order valence-electron chi connectivity index (χ1n) is 3.40. The number of rotatable bonds is 0. The van der Waals surface area contributed by atoms with Crippen LogP contribution in [0, 0.1) is 5.92 Å². The molecule has 1 heterocycles. The van der Waals surface area contributed by atoms with E-state index in [4.69, 9.17) is 4.74 Å². The highest BCUT2D eigenvalue weighted by Gasteiger charge is 2.13. The van der Waals surface area contributed by atoms with Crippen LogP contribution < -0.4 is 0 Å². The van der Waals surface area contributed by atoms with Crippen molar-refractivity contribution in [1.29, 1.82) is 0 Å². The van der Waals surface area contributed by atoms with Crippen molar-refractivity contribution >= 4 is 0 Å². The second-order valence-electron chi connectivity index (χ2n) is 2.83. The molecule has 1 heteroatoms. The molecule has 1 nitrogen and oxygen atoms in total. The minimum atomic E-state index is 0.520. The molecule has 0 aromatic heterocycles. The molecule has 0 spiro atoms. The molecule has 0 N–H and O–H groups in total. The van der Waals surface area contributed by atoms with Gasteiger partial charge < -0.3 is 4.74 Å². The Morgan fingerprint density at radius 2 is 2.00 bits per heavy atom. The molecular formula is C7H14O. The summed E-state index contributed by atoms with van der Waals surface area (Å²) in [4.78, 5) is 0. The smallest absolute Gasteiger partial charge is 0.0547 e. The first kappa shape index (κ1) is 6.09. The summed E-state index contributed by atoms with van der Waals surface area (Å²) in [7, 11) is 0. The lowest BCUT2D eigenvalue weighted by atomic mass is 10.0. The molecule has 0 radical (unpaired) electrons. The minimum Gasteiger partial charge on any atom is -0.378 e. The Balaban J connectivity index is 2.19. The fraction of sp³-hybridized carbons (Fsp3) is 1.00. The van der Waals surface area contributed by atoms with Crippen molar-refractivity contribution in [1.82, 2.24) is 0 Å². The second kappa shape index (κ2) is 2.49. The molecule has 48 valence electrons. The summed E-state index contributed by atoms with van der Waals surface area (Å²) in [5.41, 5.74) is 0. The maximum atomic E-state index is 5.39. The van der Waals surface area contributed by atoms with E-state index in [2.05, 4.69) is 13.8 Å². The van der Waals surface area contributed by atoms with Crippen LogP contribution in [0.15, 0.2) is 0 Å². The van der Waals surface area contributed by atoms with Crippen molar-refractivity contribution in [3.63, 3.8) is 0 Å². The van der Waals surface area contributed by atoms with Gasteiger partial charge in [0.15, 0.2) is 0 Å². The lowest BCUT2D eigenvalue weighted by Gasteiger charge is -2.23. The maximum absolute atomic E-state index is 5.39. The van der Waals surface area contributed by atoms with Crippen LogP contribution in [0.2, 0.25) is 0 Å². The highest BCUT2D eigenvalue weighted by atomic mass is 16.5. The topological polar surface area (TPSA) is 9.23 Å². The zero-order valence-electron chi connectivity index (χ0n) is 5.68. The molecule has 0 aliphatic carbocycles. The Hall–Kier alpha value is -0.0400. The predicted octanol–water partition coefficient (Wildman–Crippen LogP) is 1.82. The first-order valence-corrected chi connectivity index (χ1v) is 3.40. The molecule has 0 amide bonds. The molecule has 1 rings (SSSR count). The third-order valence-corrected chi connectivity index (χ3v) is 1.73. The van der Waals surface area contributed by atoms with Gasteiger partial charge in [-0.05, 0) is 25.7 Å². The number of ether oxygens (including phenoxy) is 1. The quantitative estimate of drug-likeness (QED) is 0.466. The van der Waals surface area contributed by atoms with Gasteiger partial charge in [-0.3, -0.25) is 0 Å². The van der Waals surface area contributed by atoms with Gasteiger partial charge in [0, 0.05) is 6.61 Å². The second-order valence-corrected chi connectivity index (χ2v) is 2.83. The van der Waals surface area contributed by atoms with Crippen LogP contribution in [0.1, 0.15) is 26.7 Å². The Morgan fingerprint density at radius 3 is 2.38 bits per heavy atom. The molecule has 1 fully saturated rings. The fourth-order valence-electron chi connectivity index (χ4n) is 1.01. The van der Waals surface area contributed by atoms with Crippen LogP contribution in [0.5, 0.6) is 0 Å². The summed E-state index contributed by atoms with van der Waals surface area (Å²) in [5.74, 6) is 0.797. The molecule has 0 aromatic rings. The molecule has 8 heavy (non-hydrogen) atoms. The van der Waals surface area contributed by atoms with Gasteiger partial charge in [-0.15, -0.1) is 0 Å². The SMILES string of the molecule is C[C@@H]1CC[C@@H](C)OC1. The van der Waals surface area contributed by atoms with E-state index in [1.54, 1.807) is 0 Å². The van der Waals surface area contributed by atoms with Gasteiger partial charge >= 0.3 is 0 Å². The van der Waals surface area contributed by atoms with Crippen molar-refractivity contribution in [2.45, 2.75) is 32.8 Å². The first-order chi connectivity index (χ1) is 3.79. The van der Waals surface area contributed by atoms with Crippen molar-refractivity contribution in [3.05, 3.63) is 0 Å². The largest absolute Gasteiger partial charge is 0.378 e. The third-order valence-electron chi connectivity index (χ3n) is 1.73. The van der Waals surface area contributed by atoms with E-state index < -0.39 is 0 Å². The van der Waals surface area contributed by atoms with E-state index in [-0.39, 0.29) is 0 Å². The summed E-state index contributed by atoms with van der Waals surface area (Å²) < 4.78 is 5.39. The lowest BCUT2D eigenvalue weighted by Crippen LogP contribution is -2.21. The zero-order valence-corrected chi connectivity index (χ0v) is 5.68. The predicted molar refractivity (Wildman–Crippen MR) is 33.8 cm³/mol. The van der Waals surface area contributed by atoms with E-state index in [9.17, 15) is 0 Å². The highest BCUT2D eigenvalue weighted by molar-refractivity contribution is 4.62. The van der Waals surface area contributed by atoms with Crippen LogP contribution in [0.25, 0.3) is 0 Å². The van der Waals surface area contributed by atoms with Gasteiger partial charge in [-0.25, -0.2) is 0 Å². The van der Waals surface area contributed by atoms with Gasteiger partial charge in [0.05, 0.1) is 6.10 Å². The van der Waals surface area contributed by atoms with E-state index in [1.807, 2.05) is 0 Å². The molecule has 0 unspecified atom stereocenters. The van der Waals surface area contributed by atoms with Crippen LogP contribution in [-0.4, -0.2) is 12.7 Å². The van der Waals surface area contributed by atoms with E-state index in [0.717, 1.165) is 12.5 Å². The minimum absolute atomic E-state index is 0.520. The standard InChI is InChI=1S/C7H14O/c1-6-3-4-7(2)8-5-6/h6-7H,3-5H2,1-2H3/t6-,7-/m1/s1. The Kier molecular flexibility index (Phi) is 1.90. The van der Waals surface area contributed by atoms with Crippen molar-refractivity contribution in [2.24, 2.45) is 5.92 Å². The Bertz CT molecular complexity index is 52.8. The monoisotopic (exact) mass is 114 g/mol. The van der Waals surface area contributed by atoms with Gasteiger partial charge in [-0.2, -0.15) is 0 Å². The van der Waals surface area contributed by atoms with Gasteiger partial charge in [-0.1, -0.05) is 6.92 Å².